The Morgan fingerprint density at radius 2 is 2.07 bits per heavy atom. The standard InChI is InChI=1S/C11H16N2O2/c1-7(2)13(4)10-9(11(14)15)6-5-8(3)12-10/h5-7H,1-4H3,(H,14,15). The first-order chi connectivity index (χ1) is 6.93. The summed E-state index contributed by atoms with van der Waals surface area (Å²) in [6.07, 6.45) is 0. The first kappa shape index (κ1) is 11.5. The number of aryl methyl sites for hydroxylation is 1. The summed E-state index contributed by atoms with van der Waals surface area (Å²) in [7, 11) is 1.85. The molecule has 1 heterocycles. The highest BCUT2D eigenvalue weighted by atomic mass is 16.4. The Morgan fingerprint density at radius 1 is 1.47 bits per heavy atom. The number of pyridine rings is 1. The fraction of sp³-hybridized carbons (Fsp3) is 0.455. The number of aromatic nitrogens is 1. The summed E-state index contributed by atoms with van der Waals surface area (Å²) in [6.45, 7) is 5.84. The number of nitrogens with zero attached hydrogens (tertiary/aromatic N) is 2. The topological polar surface area (TPSA) is 53.4 Å². The molecular formula is C11H16N2O2. The molecule has 1 N–H and O–H groups in total. The van der Waals surface area contributed by atoms with Crippen molar-refractivity contribution in [2.45, 2.75) is 26.8 Å². The quantitative estimate of drug-likeness (QED) is 0.824. The Kier molecular flexibility index (Phi) is 3.29. The Balaban J connectivity index is 3.24. The zero-order valence-corrected chi connectivity index (χ0v) is 9.48. The third kappa shape index (κ3) is 2.46. The van der Waals surface area contributed by atoms with Crippen molar-refractivity contribution in [2.75, 3.05) is 11.9 Å². The zero-order valence-electron chi connectivity index (χ0n) is 9.48. The van der Waals surface area contributed by atoms with Crippen LogP contribution in [-0.2, 0) is 0 Å². The molecule has 0 radical (unpaired) electrons. The van der Waals surface area contributed by atoms with Gasteiger partial charge in [-0.25, -0.2) is 9.78 Å². The van der Waals surface area contributed by atoms with Gasteiger partial charge in [0.1, 0.15) is 11.4 Å². The lowest BCUT2D eigenvalue weighted by atomic mass is 10.2. The summed E-state index contributed by atoms with van der Waals surface area (Å²) in [5, 5.41) is 9.02. The highest BCUT2D eigenvalue weighted by molar-refractivity contribution is 5.93. The molecule has 0 unspecified atom stereocenters. The minimum Gasteiger partial charge on any atom is -0.478 e. The predicted molar refractivity (Wildman–Crippen MR) is 59.5 cm³/mol. The van der Waals surface area contributed by atoms with Gasteiger partial charge in [0.05, 0.1) is 0 Å². The highest BCUT2D eigenvalue weighted by Crippen LogP contribution is 2.19. The third-order valence-electron chi connectivity index (χ3n) is 2.35. The molecule has 4 nitrogen and oxygen atoms in total. The molecule has 0 saturated carbocycles. The van der Waals surface area contributed by atoms with Gasteiger partial charge >= 0.3 is 5.97 Å². The van der Waals surface area contributed by atoms with Crippen molar-refractivity contribution in [3.05, 3.63) is 23.4 Å². The fourth-order valence-electron chi connectivity index (χ4n) is 1.22. The normalized spacial score (nSPS) is 10.5. The van der Waals surface area contributed by atoms with Crippen LogP contribution in [-0.4, -0.2) is 29.1 Å². The van der Waals surface area contributed by atoms with Gasteiger partial charge in [0, 0.05) is 18.8 Å². The smallest absolute Gasteiger partial charge is 0.339 e. The van der Waals surface area contributed by atoms with Gasteiger partial charge in [0.2, 0.25) is 0 Å². The molecular weight excluding hydrogens is 192 g/mol. The number of anilines is 1. The molecule has 0 aliphatic carbocycles. The van der Waals surface area contributed by atoms with Crippen LogP contribution in [0.3, 0.4) is 0 Å². The molecule has 0 bridgehead atoms. The van der Waals surface area contributed by atoms with Crippen LogP contribution in [0.25, 0.3) is 0 Å². The lowest BCUT2D eigenvalue weighted by Crippen LogP contribution is -2.28. The van der Waals surface area contributed by atoms with Crippen LogP contribution in [0.4, 0.5) is 5.82 Å². The van der Waals surface area contributed by atoms with Crippen LogP contribution in [0.2, 0.25) is 0 Å². The van der Waals surface area contributed by atoms with Crippen LogP contribution in [0.1, 0.15) is 29.9 Å². The molecule has 0 spiro atoms. The predicted octanol–water partition coefficient (Wildman–Crippen LogP) is 1.93. The van der Waals surface area contributed by atoms with E-state index in [4.69, 9.17) is 5.11 Å². The summed E-state index contributed by atoms with van der Waals surface area (Å²) in [4.78, 5) is 17.1. The van der Waals surface area contributed by atoms with Crippen molar-refractivity contribution in [1.82, 2.24) is 4.98 Å². The SMILES string of the molecule is Cc1ccc(C(=O)O)c(N(C)C(C)C)n1. The molecule has 1 aromatic rings. The molecule has 15 heavy (non-hydrogen) atoms. The second kappa shape index (κ2) is 4.29. The van der Waals surface area contributed by atoms with E-state index in [1.807, 2.05) is 32.7 Å². The van der Waals surface area contributed by atoms with E-state index in [0.29, 0.717) is 5.82 Å². The first-order valence-electron chi connectivity index (χ1n) is 4.87. The third-order valence-corrected chi connectivity index (χ3v) is 2.35. The monoisotopic (exact) mass is 208 g/mol. The molecule has 0 saturated heterocycles. The fourth-order valence-corrected chi connectivity index (χ4v) is 1.22. The van der Waals surface area contributed by atoms with E-state index < -0.39 is 5.97 Å². The Hall–Kier alpha value is -1.58. The van der Waals surface area contributed by atoms with Crippen LogP contribution >= 0.6 is 0 Å². The van der Waals surface area contributed by atoms with Crippen molar-refractivity contribution in [3.63, 3.8) is 0 Å². The number of hydrogen-bond acceptors (Lipinski definition) is 3. The minimum absolute atomic E-state index is 0.220. The number of carboxylic acid groups (broad SMARTS) is 1. The summed E-state index contributed by atoms with van der Waals surface area (Å²) >= 11 is 0. The van der Waals surface area contributed by atoms with Gasteiger partial charge in [-0.05, 0) is 32.9 Å². The number of aromatic carboxylic acids is 1. The maximum absolute atomic E-state index is 11.0. The molecule has 0 amide bonds. The first-order valence-corrected chi connectivity index (χ1v) is 4.87. The number of carbonyl (C=O) groups is 1. The van der Waals surface area contributed by atoms with Crippen molar-refractivity contribution in [1.29, 1.82) is 0 Å². The molecule has 0 aliphatic rings. The van der Waals surface area contributed by atoms with Gasteiger partial charge in [-0.15, -0.1) is 0 Å². The molecule has 0 fully saturated rings. The minimum atomic E-state index is -0.940. The van der Waals surface area contributed by atoms with Gasteiger partial charge in [0.25, 0.3) is 0 Å². The summed E-state index contributed by atoms with van der Waals surface area (Å²) in [5.74, 6) is -0.414. The Morgan fingerprint density at radius 3 is 2.53 bits per heavy atom. The van der Waals surface area contributed by atoms with Crippen LogP contribution < -0.4 is 4.90 Å². The van der Waals surface area contributed by atoms with Crippen LogP contribution in [0.5, 0.6) is 0 Å². The molecule has 1 aromatic heterocycles. The van der Waals surface area contributed by atoms with Gasteiger partial charge in [-0.3, -0.25) is 0 Å². The second-order valence-corrected chi connectivity index (χ2v) is 3.83. The van der Waals surface area contributed by atoms with Crippen LogP contribution in [0, 0.1) is 6.92 Å². The lowest BCUT2D eigenvalue weighted by molar-refractivity contribution is 0.0697. The van der Waals surface area contributed by atoms with Gasteiger partial charge < -0.3 is 10.0 Å². The van der Waals surface area contributed by atoms with E-state index in [1.54, 1.807) is 12.1 Å². The van der Waals surface area contributed by atoms with E-state index in [0.717, 1.165) is 5.69 Å². The summed E-state index contributed by atoms with van der Waals surface area (Å²) in [5.41, 5.74) is 1.07. The van der Waals surface area contributed by atoms with Crippen molar-refractivity contribution in [2.24, 2.45) is 0 Å². The molecule has 0 aliphatic heterocycles. The van der Waals surface area contributed by atoms with Crippen molar-refractivity contribution in [3.8, 4) is 0 Å². The van der Waals surface area contributed by atoms with Crippen LogP contribution in [0.15, 0.2) is 12.1 Å². The van der Waals surface area contributed by atoms with Gasteiger partial charge in [-0.1, -0.05) is 0 Å². The van der Waals surface area contributed by atoms with E-state index in [-0.39, 0.29) is 11.6 Å². The van der Waals surface area contributed by atoms with Gasteiger partial charge in [-0.2, -0.15) is 0 Å². The second-order valence-electron chi connectivity index (χ2n) is 3.83. The molecule has 82 valence electrons. The maximum atomic E-state index is 11.0. The molecule has 1 rings (SSSR count). The largest absolute Gasteiger partial charge is 0.478 e. The highest BCUT2D eigenvalue weighted by Gasteiger charge is 2.16. The molecule has 4 heteroatoms. The number of rotatable bonds is 3. The lowest BCUT2D eigenvalue weighted by Gasteiger charge is -2.24. The van der Waals surface area contributed by atoms with Gasteiger partial charge in [0.15, 0.2) is 0 Å². The summed E-state index contributed by atoms with van der Waals surface area (Å²) < 4.78 is 0. The maximum Gasteiger partial charge on any atom is 0.339 e. The Labute approximate surface area is 89.6 Å². The van der Waals surface area contributed by atoms with E-state index in [9.17, 15) is 4.79 Å². The summed E-state index contributed by atoms with van der Waals surface area (Å²) in [6, 6.07) is 3.53. The average Bonchev–Trinajstić information content (AvgIpc) is 2.15. The van der Waals surface area contributed by atoms with E-state index >= 15 is 0 Å². The van der Waals surface area contributed by atoms with E-state index in [2.05, 4.69) is 4.98 Å². The van der Waals surface area contributed by atoms with E-state index in [1.165, 1.54) is 0 Å². The Bertz CT molecular complexity index is 375. The molecule has 0 aromatic carbocycles. The van der Waals surface area contributed by atoms with Crippen molar-refractivity contribution >= 4 is 11.8 Å². The molecule has 0 atom stereocenters. The average molecular weight is 208 g/mol. The number of carboxylic acids is 1. The van der Waals surface area contributed by atoms with Crippen molar-refractivity contribution < 1.29 is 9.90 Å². The zero-order chi connectivity index (χ0) is 11.6. The number of hydrogen-bond donors (Lipinski definition) is 1.